The summed E-state index contributed by atoms with van der Waals surface area (Å²) < 4.78 is 34.5. The molecular formula is C17H19F2N3O2. The van der Waals surface area contributed by atoms with Crippen molar-refractivity contribution in [1.82, 2.24) is 15.1 Å². The van der Waals surface area contributed by atoms with E-state index in [1.807, 2.05) is 0 Å². The van der Waals surface area contributed by atoms with Crippen molar-refractivity contribution in [3.8, 4) is 0 Å². The quantitative estimate of drug-likeness (QED) is 0.930. The van der Waals surface area contributed by atoms with Crippen molar-refractivity contribution < 1.29 is 18.3 Å². The summed E-state index contributed by atoms with van der Waals surface area (Å²) in [6, 6.07) is 5.16. The van der Waals surface area contributed by atoms with Crippen LogP contribution in [0.5, 0.6) is 0 Å². The molecule has 0 aliphatic carbocycles. The first-order valence-corrected chi connectivity index (χ1v) is 7.81. The monoisotopic (exact) mass is 335 g/mol. The van der Waals surface area contributed by atoms with Crippen LogP contribution in [0.1, 0.15) is 24.1 Å². The second-order valence-electron chi connectivity index (χ2n) is 5.98. The van der Waals surface area contributed by atoms with Crippen LogP contribution in [0, 0.1) is 11.6 Å². The standard InChI is InChI=1S/C17H19F2N3O2/c1-22-7-4-13(21-22)11-20-16(23)17(5-8-24-9-6-17)14-3-2-12(18)10-15(14)19/h2-4,7,10H,5-6,8-9,11H2,1H3,(H,20,23). The predicted octanol–water partition coefficient (Wildman–Crippen LogP) is 2.06. The minimum absolute atomic E-state index is 0.214. The molecule has 0 spiro atoms. The van der Waals surface area contributed by atoms with Gasteiger partial charge in [0.1, 0.15) is 11.6 Å². The van der Waals surface area contributed by atoms with E-state index in [1.165, 1.54) is 12.1 Å². The lowest BCUT2D eigenvalue weighted by Crippen LogP contribution is -2.48. The molecule has 1 amide bonds. The lowest BCUT2D eigenvalue weighted by molar-refractivity contribution is -0.130. The molecule has 0 bridgehead atoms. The Kier molecular flexibility index (Phi) is 4.62. The number of ether oxygens (including phenoxy) is 1. The Morgan fingerprint density at radius 2 is 2.08 bits per heavy atom. The highest BCUT2D eigenvalue weighted by atomic mass is 19.1. The number of hydrogen-bond donors (Lipinski definition) is 1. The van der Waals surface area contributed by atoms with Crippen LogP contribution in [-0.2, 0) is 28.5 Å². The molecular weight excluding hydrogens is 316 g/mol. The molecule has 1 fully saturated rings. The summed E-state index contributed by atoms with van der Waals surface area (Å²) in [7, 11) is 1.79. The number of nitrogens with zero attached hydrogens (tertiary/aromatic N) is 2. The molecule has 1 aromatic carbocycles. The number of aromatic nitrogens is 2. The zero-order valence-electron chi connectivity index (χ0n) is 13.4. The highest BCUT2D eigenvalue weighted by Gasteiger charge is 2.43. The van der Waals surface area contributed by atoms with Crippen molar-refractivity contribution in [1.29, 1.82) is 0 Å². The second-order valence-corrected chi connectivity index (χ2v) is 5.98. The number of halogens is 2. The van der Waals surface area contributed by atoms with Crippen molar-refractivity contribution in [2.75, 3.05) is 13.2 Å². The summed E-state index contributed by atoms with van der Waals surface area (Å²) in [4.78, 5) is 12.9. The summed E-state index contributed by atoms with van der Waals surface area (Å²) in [6.07, 6.45) is 2.48. The van der Waals surface area contributed by atoms with Gasteiger partial charge in [0.05, 0.1) is 17.7 Å². The zero-order chi connectivity index (χ0) is 17.2. The third-order valence-electron chi connectivity index (χ3n) is 4.43. The number of aryl methyl sites for hydroxylation is 1. The van der Waals surface area contributed by atoms with Crippen LogP contribution in [0.2, 0.25) is 0 Å². The van der Waals surface area contributed by atoms with Crippen LogP contribution in [0.15, 0.2) is 30.5 Å². The molecule has 5 nitrogen and oxygen atoms in total. The Bertz CT molecular complexity index is 739. The van der Waals surface area contributed by atoms with Gasteiger partial charge in [-0.25, -0.2) is 8.78 Å². The number of amides is 1. The van der Waals surface area contributed by atoms with Crippen LogP contribution < -0.4 is 5.32 Å². The summed E-state index contributed by atoms with van der Waals surface area (Å²) in [6.45, 7) is 0.965. The molecule has 1 aliphatic rings. The molecule has 1 aromatic heterocycles. The molecule has 1 N–H and O–H groups in total. The molecule has 3 rings (SSSR count). The van der Waals surface area contributed by atoms with Crippen molar-refractivity contribution in [3.05, 3.63) is 53.4 Å². The van der Waals surface area contributed by atoms with Crippen molar-refractivity contribution in [2.45, 2.75) is 24.8 Å². The van der Waals surface area contributed by atoms with Gasteiger partial charge < -0.3 is 10.1 Å². The van der Waals surface area contributed by atoms with Gasteiger partial charge in [-0.15, -0.1) is 0 Å². The van der Waals surface area contributed by atoms with Gasteiger partial charge in [0.2, 0.25) is 5.91 Å². The number of hydrogen-bond acceptors (Lipinski definition) is 3. The van der Waals surface area contributed by atoms with Gasteiger partial charge in [-0.3, -0.25) is 9.48 Å². The normalized spacial score (nSPS) is 16.8. The molecule has 1 saturated heterocycles. The number of carbonyl (C=O) groups excluding carboxylic acids is 1. The highest BCUT2D eigenvalue weighted by molar-refractivity contribution is 5.88. The molecule has 1 aliphatic heterocycles. The smallest absolute Gasteiger partial charge is 0.231 e. The number of carbonyl (C=O) groups is 1. The molecule has 2 heterocycles. The third-order valence-corrected chi connectivity index (χ3v) is 4.43. The van der Waals surface area contributed by atoms with E-state index >= 15 is 0 Å². The topological polar surface area (TPSA) is 56.2 Å². The maximum absolute atomic E-state index is 14.3. The molecule has 0 radical (unpaired) electrons. The van der Waals surface area contributed by atoms with Crippen LogP contribution in [0.3, 0.4) is 0 Å². The van der Waals surface area contributed by atoms with E-state index in [0.29, 0.717) is 31.7 Å². The van der Waals surface area contributed by atoms with E-state index in [-0.39, 0.29) is 18.0 Å². The highest BCUT2D eigenvalue weighted by Crippen LogP contribution is 2.37. The average molecular weight is 335 g/mol. The van der Waals surface area contributed by atoms with Gasteiger partial charge >= 0.3 is 0 Å². The predicted molar refractivity (Wildman–Crippen MR) is 83.1 cm³/mol. The van der Waals surface area contributed by atoms with Crippen LogP contribution in [0.4, 0.5) is 8.78 Å². The summed E-state index contributed by atoms with van der Waals surface area (Å²) in [5.41, 5.74) is -0.122. The van der Waals surface area contributed by atoms with Gasteiger partial charge in [0.25, 0.3) is 0 Å². The maximum atomic E-state index is 14.3. The van der Waals surface area contributed by atoms with Crippen LogP contribution >= 0.6 is 0 Å². The first-order valence-electron chi connectivity index (χ1n) is 7.81. The van der Waals surface area contributed by atoms with Gasteiger partial charge in [-0.2, -0.15) is 5.10 Å². The van der Waals surface area contributed by atoms with E-state index in [2.05, 4.69) is 10.4 Å². The molecule has 2 aromatic rings. The van der Waals surface area contributed by atoms with Crippen LogP contribution in [-0.4, -0.2) is 28.9 Å². The van der Waals surface area contributed by atoms with Gasteiger partial charge in [0.15, 0.2) is 0 Å². The molecule has 24 heavy (non-hydrogen) atoms. The van der Waals surface area contributed by atoms with Crippen molar-refractivity contribution in [3.63, 3.8) is 0 Å². The summed E-state index contributed by atoms with van der Waals surface area (Å²) >= 11 is 0. The average Bonchev–Trinajstić information content (AvgIpc) is 2.98. The Hall–Kier alpha value is -2.28. The Balaban J connectivity index is 1.86. The Morgan fingerprint density at radius 1 is 1.33 bits per heavy atom. The van der Waals surface area contributed by atoms with Gasteiger partial charge in [-0.05, 0) is 25.0 Å². The second kappa shape index (κ2) is 6.68. The minimum atomic E-state index is -1.05. The first kappa shape index (κ1) is 16.6. The SMILES string of the molecule is Cn1ccc(CNC(=O)C2(c3ccc(F)cc3F)CCOCC2)n1. The summed E-state index contributed by atoms with van der Waals surface area (Å²) in [5.74, 6) is -1.65. The zero-order valence-corrected chi connectivity index (χ0v) is 13.4. The third kappa shape index (κ3) is 3.17. The van der Waals surface area contributed by atoms with Crippen molar-refractivity contribution in [2.24, 2.45) is 7.05 Å². The molecule has 128 valence electrons. The fourth-order valence-electron chi connectivity index (χ4n) is 3.11. The van der Waals surface area contributed by atoms with Gasteiger partial charge in [-0.1, -0.05) is 6.07 Å². The fraction of sp³-hybridized carbons (Fsp3) is 0.412. The fourth-order valence-corrected chi connectivity index (χ4v) is 3.11. The lowest BCUT2D eigenvalue weighted by Gasteiger charge is -2.36. The Morgan fingerprint density at radius 3 is 2.71 bits per heavy atom. The molecule has 0 saturated carbocycles. The minimum Gasteiger partial charge on any atom is -0.381 e. The number of nitrogens with one attached hydrogen (secondary N) is 1. The first-order chi connectivity index (χ1) is 11.5. The van der Waals surface area contributed by atoms with E-state index in [0.717, 1.165) is 6.07 Å². The van der Waals surface area contributed by atoms with E-state index in [4.69, 9.17) is 4.74 Å². The van der Waals surface area contributed by atoms with Crippen molar-refractivity contribution >= 4 is 5.91 Å². The largest absolute Gasteiger partial charge is 0.381 e. The molecule has 7 heteroatoms. The van der Waals surface area contributed by atoms with Gasteiger partial charge in [0, 0.05) is 38.1 Å². The van der Waals surface area contributed by atoms with Crippen LogP contribution in [0.25, 0.3) is 0 Å². The summed E-state index contributed by atoms with van der Waals surface area (Å²) in [5, 5.41) is 7.04. The molecule has 0 atom stereocenters. The van der Waals surface area contributed by atoms with E-state index < -0.39 is 17.0 Å². The number of rotatable bonds is 4. The lowest BCUT2D eigenvalue weighted by atomic mass is 9.73. The van der Waals surface area contributed by atoms with E-state index in [9.17, 15) is 13.6 Å². The maximum Gasteiger partial charge on any atom is 0.231 e. The Labute approximate surface area is 138 Å². The van der Waals surface area contributed by atoms with E-state index in [1.54, 1.807) is 24.0 Å². The number of benzene rings is 1. The molecule has 0 unspecified atom stereocenters.